The second-order valence-corrected chi connectivity index (χ2v) is 7.99. The fourth-order valence-corrected chi connectivity index (χ4v) is 3.98. The normalized spacial score (nSPS) is 22.4. The fourth-order valence-electron chi connectivity index (χ4n) is 1.91. The van der Waals surface area contributed by atoms with E-state index in [9.17, 15) is 8.42 Å². The zero-order valence-corrected chi connectivity index (χ0v) is 11.8. The molecule has 1 heterocycles. The molecule has 1 atom stereocenters. The summed E-state index contributed by atoms with van der Waals surface area (Å²) in [6, 6.07) is 0. The van der Waals surface area contributed by atoms with E-state index in [2.05, 4.69) is 23.5 Å². The average molecular weight is 275 g/mol. The van der Waals surface area contributed by atoms with Gasteiger partial charge in [0.2, 0.25) is 0 Å². The second kappa shape index (κ2) is 3.84. The van der Waals surface area contributed by atoms with Crippen molar-refractivity contribution in [1.82, 2.24) is 4.37 Å². The summed E-state index contributed by atoms with van der Waals surface area (Å²) in [6.07, 6.45) is 2.32. The number of sulfone groups is 1. The number of rotatable bonds is 4. The highest BCUT2D eigenvalue weighted by Gasteiger charge is 2.45. The van der Waals surface area contributed by atoms with Gasteiger partial charge in [0.15, 0.2) is 15.7 Å². The highest BCUT2D eigenvalue weighted by atomic mass is 32.2. The molecule has 1 saturated carbocycles. The third-order valence-corrected chi connectivity index (χ3v) is 5.37. The summed E-state index contributed by atoms with van der Waals surface area (Å²) < 4.78 is 27.0. The maximum Gasteiger partial charge on any atom is 0.182 e. The number of hydrogen-bond acceptors (Lipinski definition) is 6. The topological polar surface area (TPSA) is 85.1 Å². The van der Waals surface area contributed by atoms with Gasteiger partial charge in [0.25, 0.3) is 0 Å². The predicted octanol–water partition coefficient (Wildman–Crippen LogP) is 1.59. The van der Waals surface area contributed by atoms with Gasteiger partial charge in [0.05, 0.1) is 0 Å². The molecule has 1 fully saturated rings. The van der Waals surface area contributed by atoms with Gasteiger partial charge in [-0.15, -0.1) is 0 Å². The smallest absolute Gasteiger partial charge is 0.182 e. The van der Waals surface area contributed by atoms with Gasteiger partial charge in [-0.1, -0.05) is 13.8 Å². The molecule has 17 heavy (non-hydrogen) atoms. The highest BCUT2D eigenvalue weighted by Crippen LogP contribution is 2.51. The standard InChI is InChI=1S/C10H17N3O2S2/c1-10(2)4-6(10)5-12-9-7(17(3,14)15)8(11)13-16-9/h6,12H,4-5H2,1-3H3,(H2,11,13). The average Bonchev–Trinajstić information content (AvgIpc) is 2.59. The van der Waals surface area contributed by atoms with Gasteiger partial charge in [-0.25, -0.2) is 8.42 Å². The van der Waals surface area contributed by atoms with Crippen LogP contribution in [0.4, 0.5) is 10.8 Å². The van der Waals surface area contributed by atoms with E-state index in [0.717, 1.165) is 24.3 Å². The molecule has 96 valence electrons. The monoisotopic (exact) mass is 275 g/mol. The molecule has 0 saturated heterocycles. The van der Waals surface area contributed by atoms with Gasteiger partial charge in [0, 0.05) is 12.8 Å². The molecular formula is C10H17N3O2S2. The lowest BCUT2D eigenvalue weighted by Crippen LogP contribution is -2.09. The number of nitrogens with zero attached hydrogens (tertiary/aromatic N) is 1. The van der Waals surface area contributed by atoms with Crippen molar-refractivity contribution in [2.75, 3.05) is 23.9 Å². The first-order chi connectivity index (χ1) is 7.72. The third kappa shape index (κ3) is 2.55. The molecule has 1 aromatic rings. The Labute approximate surface area is 105 Å². The maximum atomic E-state index is 11.6. The highest BCUT2D eigenvalue weighted by molar-refractivity contribution is 7.91. The van der Waals surface area contributed by atoms with Crippen LogP contribution in [0.3, 0.4) is 0 Å². The van der Waals surface area contributed by atoms with E-state index in [1.54, 1.807) is 0 Å². The van der Waals surface area contributed by atoms with Crippen molar-refractivity contribution in [3.63, 3.8) is 0 Å². The lowest BCUT2D eigenvalue weighted by molar-refractivity contribution is 0.573. The summed E-state index contributed by atoms with van der Waals surface area (Å²) >= 11 is 1.11. The van der Waals surface area contributed by atoms with Gasteiger partial charge in [-0.05, 0) is 29.3 Å². The first-order valence-electron chi connectivity index (χ1n) is 5.41. The number of hydrogen-bond donors (Lipinski definition) is 2. The SMILES string of the molecule is CC1(C)CC1CNc1snc(N)c1S(C)(=O)=O. The largest absolute Gasteiger partial charge is 0.382 e. The first-order valence-corrected chi connectivity index (χ1v) is 8.07. The summed E-state index contributed by atoms with van der Waals surface area (Å²) in [4.78, 5) is 0.140. The number of nitrogen functional groups attached to an aromatic ring is 1. The van der Waals surface area contributed by atoms with Crippen LogP contribution in [-0.4, -0.2) is 25.6 Å². The predicted molar refractivity (Wildman–Crippen MR) is 70.0 cm³/mol. The summed E-state index contributed by atoms with van der Waals surface area (Å²) in [5, 5.41) is 3.72. The van der Waals surface area contributed by atoms with Gasteiger partial charge < -0.3 is 11.1 Å². The molecule has 5 nitrogen and oxygen atoms in total. The number of anilines is 2. The van der Waals surface area contributed by atoms with Crippen molar-refractivity contribution < 1.29 is 8.42 Å². The second-order valence-electron chi connectivity index (χ2n) is 5.27. The molecule has 0 aliphatic heterocycles. The lowest BCUT2D eigenvalue weighted by Gasteiger charge is -2.07. The molecule has 0 spiro atoms. The molecule has 1 aliphatic carbocycles. The van der Waals surface area contributed by atoms with Gasteiger partial charge in [0.1, 0.15) is 9.90 Å². The van der Waals surface area contributed by atoms with E-state index in [1.807, 2.05) is 0 Å². The van der Waals surface area contributed by atoms with E-state index in [4.69, 9.17) is 5.73 Å². The number of nitrogens with one attached hydrogen (secondary N) is 1. The minimum atomic E-state index is -3.32. The fraction of sp³-hybridized carbons (Fsp3) is 0.700. The molecule has 0 radical (unpaired) electrons. The molecule has 0 bridgehead atoms. The van der Waals surface area contributed by atoms with Gasteiger partial charge in [-0.2, -0.15) is 4.37 Å². The van der Waals surface area contributed by atoms with E-state index in [-0.39, 0.29) is 10.7 Å². The van der Waals surface area contributed by atoms with Crippen LogP contribution in [0.15, 0.2) is 4.90 Å². The summed E-state index contributed by atoms with van der Waals surface area (Å²) in [5.41, 5.74) is 5.95. The Hall–Kier alpha value is -0.820. The van der Waals surface area contributed by atoms with Crippen molar-refractivity contribution in [3.05, 3.63) is 0 Å². The van der Waals surface area contributed by atoms with Crippen LogP contribution in [0.25, 0.3) is 0 Å². The van der Waals surface area contributed by atoms with Crippen LogP contribution < -0.4 is 11.1 Å². The zero-order chi connectivity index (χ0) is 12.8. The summed E-state index contributed by atoms with van der Waals surface area (Å²) in [6.45, 7) is 5.19. The number of nitrogens with two attached hydrogens (primary N) is 1. The molecule has 1 aliphatic rings. The Bertz CT molecular complexity index is 534. The maximum absolute atomic E-state index is 11.6. The van der Waals surface area contributed by atoms with E-state index in [0.29, 0.717) is 16.3 Å². The van der Waals surface area contributed by atoms with Crippen molar-refractivity contribution in [2.45, 2.75) is 25.2 Å². The molecule has 0 aromatic carbocycles. The van der Waals surface area contributed by atoms with Crippen LogP contribution in [0.2, 0.25) is 0 Å². The third-order valence-electron chi connectivity index (χ3n) is 3.27. The van der Waals surface area contributed by atoms with Crippen LogP contribution in [0, 0.1) is 11.3 Å². The van der Waals surface area contributed by atoms with Crippen molar-refractivity contribution >= 4 is 32.2 Å². The minimum absolute atomic E-state index is 0.0926. The van der Waals surface area contributed by atoms with Crippen molar-refractivity contribution in [1.29, 1.82) is 0 Å². The Kier molecular flexibility index (Phi) is 2.86. The summed E-state index contributed by atoms with van der Waals surface area (Å²) in [5.74, 6) is 0.688. The quantitative estimate of drug-likeness (QED) is 0.871. The lowest BCUT2D eigenvalue weighted by atomic mass is 10.1. The Balaban J connectivity index is 2.12. The molecule has 7 heteroatoms. The molecule has 0 amide bonds. The first kappa shape index (κ1) is 12.6. The number of aromatic nitrogens is 1. The van der Waals surface area contributed by atoms with Crippen LogP contribution >= 0.6 is 11.5 Å². The van der Waals surface area contributed by atoms with Crippen molar-refractivity contribution in [3.8, 4) is 0 Å². The molecule has 2 rings (SSSR count). The van der Waals surface area contributed by atoms with Crippen molar-refractivity contribution in [2.24, 2.45) is 11.3 Å². The van der Waals surface area contributed by atoms with Crippen LogP contribution in [-0.2, 0) is 9.84 Å². The van der Waals surface area contributed by atoms with Crippen LogP contribution in [0.5, 0.6) is 0 Å². The van der Waals surface area contributed by atoms with E-state index >= 15 is 0 Å². The molecule has 1 unspecified atom stereocenters. The van der Waals surface area contributed by atoms with E-state index < -0.39 is 9.84 Å². The van der Waals surface area contributed by atoms with Gasteiger partial charge >= 0.3 is 0 Å². The molecular weight excluding hydrogens is 258 g/mol. The Morgan fingerprint density at radius 3 is 2.65 bits per heavy atom. The van der Waals surface area contributed by atoms with E-state index in [1.165, 1.54) is 6.42 Å². The Morgan fingerprint density at radius 1 is 1.59 bits per heavy atom. The van der Waals surface area contributed by atoms with Gasteiger partial charge in [-0.3, -0.25) is 0 Å². The summed E-state index contributed by atoms with van der Waals surface area (Å²) in [7, 11) is -3.32. The molecule has 1 aromatic heterocycles. The zero-order valence-electron chi connectivity index (χ0n) is 10.1. The molecule has 3 N–H and O–H groups in total. The minimum Gasteiger partial charge on any atom is -0.382 e. The Morgan fingerprint density at radius 2 is 2.18 bits per heavy atom. The van der Waals surface area contributed by atoms with Crippen LogP contribution in [0.1, 0.15) is 20.3 Å².